The number of hydrogen-bond donors (Lipinski definition) is 1. The van der Waals surface area contributed by atoms with Crippen LogP contribution in [0.5, 0.6) is 0 Å². The molecule has 0 atom stereocenters. The number of sulfonamides is 1. The fourth-order valence-corrected chi connectivity index (χ4v) is 0.677. The molecule has 1 N–H and O–H groups in total. The first-order valence-corrected chi connectivity index (χ1v) is 3.79. The molecular formula is C3H4F3NO3S. The fraction of sp³-hybridized carbons (Fsp3) is 0.667. The summed E-state index contributed by atoms with van der Waals surface area (Å²) in [7, 11) is -5.34. The normalized spacial score (nSPS) is 13.0. The van der Waals surface area contributed by atoms with Gasteiger partial charge in [0.1, 0.15) is 6.29 Å². The molecule has 0 aromatic heterocycles. The molecule has 0 saturated carbocycles. The largest absolute Gasteiger partial charge is 0.511 e. The fourth-order valence-electron chi connectivity index (χ4n) is 0.226. The van der Waals surface area contributed by atoms with Crippen LogP contribution in [0.2, 0.25) is 0 Å². The van der Waals surface area contributed by atoms with Crippen LogP contribution in [-0.2, 0) is 14.8 Å². The van der Waals surface area contributed by atoms with E-state index in [1.165, 1.54) is 0 Å². The van der Waals surface area contributed by atoms with Crippen LogP contribution in [0.15, 0.2) is 0 Å². The van der Waals surface area contributed by atoms with Crippen LogP contribution in [0, 0.1) is 0 Å². The maximum atomic E-state index is 11.4. The van der Waals surface area contributed by atoms with Gasteiger partial charge >= 0.3 is 15.5 Å². The van der Waals surface area contributed by atoms with Crippen LogP contribution in [-0.4, -0.2) is 26.8 Å². The number of hydrogen-bond acceptors (Lipinski definition) is 3. The van der Waals surface area contributed by atoms with E-state index in [1.54, 1.807) is 0 Å². The van der Waals surface area contributed by atoms with Gasteiger partial charge in [0.05, 0.1) is 6.54 Å². The van der Waals surface area contributed by atoms with Gasteiger partial charge in [-0.3, -0.25) is 0 Å². The smallest absolute Gasteiger partial charge is 0.302 e. The van der Waals surface area contributed by atoms with Crippen molar-refractivity contribution in [2.24, 2.45) is 0 Å². The van der Waals surface area contributed by atoms with Crippen LogP contribution in [0.4, 0.5) is 13.2 Å². The molecule has 0 rings (SSSR count). The lowest BCUT2D eigenvalue weighted by atomic mass is 10.8. The quantitative estimate of drug-likeness (QED) is 0.619. The Kier molecular flexibility index (Phi) is 3.00. The molecule has 0 fully saturated rings. The Morgan fingerprint density at radius 2 is 1.82 bits per heavy atom. The van der Waals surface area contributed by atoms with Crippen LogP contribution < -0.4 is 4.72 Å². The molecule has 0 aliphatic rings. The number of alkyl halides is 3. The number of rotatable bonds is 3. The minimum absolute atomic E-state index is 0.0172. The Balaban J connectivity index is 4.37. The summed E-state index contributed by atoms with van der Waals surface area (Å²) in [4.78, 5) is 9.48. The zero-order valence-corrected chi connectivity index (χ0v) is 5.87. The van der Waals surface area contributed by atoms with E-state index >= 15 is 0 Å². The van der Waals surface area contributed by atoms with Gasteiger partial charge in [-0.1, -0.05) is 0 Å². The molecule has 0 aromatic rings. The minimum atomic E-state index is -5.35. The van der Waals surface area contributed by atoms with Crippen molar-refractivity contribution >= 4 is 16.3 Å². The topological polar surface area (TPSA) is 63.2 Å². The lowest BCUT2D eigenvalue weighted by Crippen LogP contribution is -2.37. The predicted molar refractivity (Wildman–Crippen MR) is 29.0 cm³/mol. The highest BCUT2D eigenvalue weighted by Gasteiger charge is 2.45. The molecule has 8 heteroatoms. The Labute approximate surface area is 60.4 Å². The van der Waals surface area contributed by atoms with Gasteiger partial charge in [0.25, 0.3) is 0 Å². The summed E-state index contributed by atoms with van der Waals surface area (Å²) in [5.41, 5.74) is -5.35. The van der Waals surface area contributed by atoms with Crippen LogP contribution in [0.25, 0.3) is 0 Å². The van der Waals surface area contributed by atoms with Gasteiger partial charge in [-0.2, -0.15) is 13.2 Å². The van der Waals surface area contributed by atoms with Crippen LogP contribution in [0.3, 0.4) is 0 Å². The highest BCUT2D eigenvalue weighted by molar-refractivity contribution is 7.90. The van der Waals surface area contributed by atoms with E-state index in [2.05, 4.69) is 0 Å². The van der Waals surface area contributed by atoms with E-state index in [-0.39, 0.29) is 6.29 Å². The highest BCUT2D eigenvalue weighted by atomic mass is 32.2. The van der Waals surface area contributed by atoms with Gasteiger partial charge in [-0.25, -0.2) is 13.1 Å². The summed E-state index contributed by atoms with van der Waals surface area (Å²) in [6, 6.07) is 0. The van der Waals surface area contributed by atoms with Gasteiger partial charge in [-0.05, 0) is 0 Å². The molecule has 4 nitrogen and oxygen atoms in total. The third-order valence-electron chi connectivity index (χ3n) is 0.661. The molecule has 0 unspecified atom stereocenters. The van der Waals surface area contributed by atoms with Crippen LogP contribution >= 0.6 is 0 Å². The van der Waals surface area contributed by atoms with Crippen LogP contribution in [0.1, 0.15) is 0 Å². The molecule has 0 aromatic carbocycles. The first kappa shape index (κ1) is 10.4. The summed E-state index contributed by atoms with van der Waals surface area (Å²) in [6.07, 6.45) is 0.0172. The molecule has 66 valence electrons. The van der Waals surface area contributed by atoms with Gasteiger partial charge in [0, 0.05) is 0 Å². The predicted octanol–water partition coefficient (Wildman–Crippen LogP) is -0.375. The van der Waals surface area contributed by atoms with Gasteiger partial charge in [0.2, 0.25) is 0 Å². The SMILES string of the molecule is O=CCNS(=O)(=O)C(F)(F)F. The van der Waals surface area contributed by atoms with Gasteiger partial charge in [-0.15, -0.1) is 0 Å². The zero-order chi connectivity index (χ0) is 9.12. The number of nitrogens with one attached hydrogen (secondary N) is 1. The summed E-state index contributed by atoms with van der Waals surface area (Å²) in [5, 5.41) is 0. The van der Waals surface area contributed by atoms with Crippen molar-refractivity contribution < 1.29 is 26.4 Å². The Hall–Kier alpha value is -0.630. The molecule has 0 radical (unpaired) electrons. The zero-order valence-electron chi connectivity index (χ0n) is 5.05. The van der Waals surface area contributed by atoms with E-state index < -0.39 is 22.1 Å². The molecule has 0 aliphatic carbocycles. The Morgan fingerprint density at radius 3 is 2.09 bits per heavy atom. The van der Waals surface area contributed by atoms with E-state index in [0.29, 0.717) is 0 Å². The summed E-state index contributed by atoms with van der Waals surface area (Å²) in [6.45, 7) is -0.873. The third kappa shape index (κ3) is 2.85. The number of carbonyl (C=O) groups is 1. The van der Waals surface area contributed by atoms with Crippen molar-refractivity contribution in [2.45, 2.75) is 5.51 Å². The molecule has 0 bridgehead atoms. The second-order valence-corrected chi connectivity index (χ2v) is 3.22. The van der Waals surface area contributed by atoms with E-state index in [0.717, 1.165) is 4.72 Å². The second kappa shape index (κ2) is 3.18. The van der Waals surface area contributed by atoms with Crippen molar-refractivity contribution in [3.05, 3.63) is 0 Å². The summed E-state index contributed by atoms with van der Waals surface area (Å²) < 4.78 is 55.2. The third-order valence-corrected chi connectivity index (χ3v) is 1.82. The lowest BCUT2D eigenvalue weighted by molar-refractivity contribution is -0.106. The van der Waals surface area contributed by atoms with E-state index in [1.807, 2.05) is 0 Å². The molecule has 0 spiro atoms. The number of halogens is 3. The molecule has 11 heavy (non-hydrogen) atoms. The van der Waals surface area contributed by atoms with E-state index in [4.69, 9.17) is 0 Å². The first-order chi connectivity index (χ1) is 4.81. The van der Waals surface area contributed by atoms with Crippen molar-refractivity contribution in [1.82, 2.24) is 4.72 Å². The average Bonchev–Trinajstić information content (AvgIpc) is 1.81. The monoisotopic (exact) mass is 191 g/mol. The number of aldehydes is 1. The maximum absolute atomic E-state index is 11.4. The summed E-state index contributed by atoms with van der Waals surface area (Å²) >= 11 is 0. The van der Waals surface area contributed by atoms with Crippen molar-refractivity contribution in [3.63, 3.8) is 0 Å². The van der Waals surface area contributed by atoms with Gasteiger partial charge < -0.3 is 4.79 Å². The lowest BCUT2D eigenvalue weighted by Gasteiger charge is -2.05. The van der Waals surface area contributed by atoms with Crippen molar-refractivity contribution in [2.75, 3.05) is 6.54 Å². The second-order valence-electron chi connectivity index (χ2n) is 1.46. The molecule has 0 aliphatic heterocycles. The van der Waals surface area contributed by atoms with Gasteiger partial charge in [0.15, 0.2) is 0 Å². The van der Waals surface area contributed by atoms with Crippen molar-refractivity contribution in [1.29, 1.82) is 0 Å². The number of carbonyl (C=O) groups excluding carboxylic acids is 1. The standard InChI is InChI=1S/C3H4F3NO3S/c4-3(5,6)11(9,10)7-1-2-8/h2,7H,1H2. The average molecular weight is 191 g/mol. The highest BCUT2D eigenvalue weighted by Crippen LogP contribution is 2.20. The van der Waals surface area contributed by atoms with E-state index in [9.17, 15) is 26.4 Å². The Bertz CT molecular complexity index is 231. The Morgan fingerprint density at radius 1 is 1.36 bits per heavy atom. The first-order valence-electron chi connectivity index (χ1n) is 2.31. The van der Waals surface area contributed by atoms with Crippen molar-refractivity contribution in [3.8, 4) is 0 Å². The molecule has 0 saturated heterocycles. The molecule has 0 heterocycles. The molecular weight excluding hydrogens is 187 g/mol. The summed E-state index contributed by atoms with van der Waals surface area (Å²) in [5.74, 6) is 0. The minimum Gasteiger partial charge on any atom is -0.302 e. The molecule has 0 amide bonds. The maximum Gasteiger partial charge on any atom is 0.511 e.